The van der Waals surface area contributed by atoms with Gasteiger partial charge in [-0.05, 0) is 44.1 Å². The Morgan fingerprint density at radius 1 is 1.23 bits per heavy atom. The van der Waals surface area contributed by atoms with Gasteiger partial charge < -0.3 is 15.2 Å². The van der Waals surface area contributed by atoms with Crippen LogP contribution in [0.15, 0.2) is 6.20 Å². The Bertz CT molecular complexity index is 513. The van der Waals surface area contributed by atoms with Gasteiger partial charge in [-0.25, -0.2) is 4.98 Å². The molecule has 2 N–H and O–H groups in total. The Labute approximate surface area is 143 Å². The Kier molecular flexibility index (Phi) is 5.41. The number of amides is 1. The normalized spacial score (nSPS) is 23.0. The topological polar surface area (TPSA) is 61.0 Å². The maximum absolute atomic E-state index is 12.5. The fourth-order valence-electron chi connectivity index (χ4n) is 3.59. The summed E-state index contributed by atoms with van der Waals surface area (Å²) in [5.41, 5.74) is 1.14. The number of halogens is 2. The van der Waals surface area contributed by atoms with E-state index in [-0.39, 0.29) is 30.7 Å². The lowest BCUT2D eigenvalue weighted by Gasteiger charge is -2.38. The minimum atomic E-state index is 0. The molecule has 2 saturated heterocycles. The lowest BCUT2D eigenvalue weighted by atomic mass is 9.78. The van der Waals surface area contributed by atoms with Crippen molar-refractivity contribution in [1.82, 2.24) is 20.2 Å². The molecule has 0 atom stereocenters. The van der Waals surface area contributed by atoms with Crippen molar-refractivity contribution in [3.8, 4) is 0 Å². The standard InChI is InChI=1S/C15H22N4O.2ClH/c20-14(12-9-17-13(18-12)11-1-2-11)19-7-4-15(5-8-19)3-6-16-10-15;;/h9,11,16H,1-8,10H2,(H,17,18);2*1H. The Morgan fingerprint density at radius 2 is 1.95 bits per heavy atom. The maximum atomic E-state index is 12.5. The summed E-state index contributed by atoms with van der Waals surface area (Å²) in [7, 11) is 0. The van der Waals surface area contributed by atoms with Crippen LogP contribution in [0.25, 0.3) is 0 Å². The lowest BCUT2D eigenvalue weighted by Crippen LogP contribution is -2.44. The van der Waals surface area contributed by atoms with Gasteiger partial charge in [0.1, 0.15) is 11.5 Å². The third-order valence-corrected chi connectivity index (χ3v) is 5.23. The van der Waals surface area contributed by atoms with Crippen molar-refractivity contribution in [2.45, 2.75) is 38.0 Å². The van der Waals surface area contributed by atoms with E-state index < -0.39 is 0 Å². The second kappa shape index (κ2) is 6.77. The number of H-pyrrole nitrogens is 1. The SMILES string of the molecule is Cl.Cl.O=C(c1cnc(C2CC2)[nH]1)N1CCC2(CCNC2)CC1. The number of imidazole rings is 1. The van der Waals surface area contributed by atoms with Crippen molar-refractivity contribution >= 4 is 30.7 Å². The molecule has 3 fully saturated rings. The number of rotatable bonds is 2. The highest BCUT2D eigenvalue weighted by Gasteiger charge is 2.38. The van der Waals surface area contributed by atoms with Crippen molar-refractivity contribution in [3.63, 3.8) is 0 Å². The highest BCUT2D eigenvalue weighted by molar-refractivity contribution is 5.92. The predicted molar refractivity (Wildman–Crippen MR) is 90.1 cm³/mol. The average Bonchev–Trinajstić information content (AvgIpc) is 3.04. The van der Waals surface area contributed by atoms with Crippen LogP contribution in [0, 0.1) is 5.41 Å². The molecule has 22 heavy (non-hydrogen) atoms. The largest absolute Gasteiger partial charge is 0.338 e. The third-order valence-electron chi connectivity index (χ3n) is 5.23. The van der Waals surface area contributed by atoms with Gasteiger partial charge in [0, 0.05) is 25.6 Å². The Morgan fingerprint density at radius 3 is 2.55 bits per heavy atom. The second-order valence-corrected chi connectivity index (χ2v) is 6.68. The summed E-state index contributed by atoms with van der Waals surface area (Å²) in [5, 5.41) is 3.46. The molecule has 0 aromatic carbocycles. The van der Waals surface area contributed by atoms with E-state index >= 15 is 0 Å². The molecule has 2 aliphatic heterocycles. The van der Waals surface area contributed by atoms with Gasteiger partial charge in [-0.1, -0.05) is 0 Å². The van der Waals surface area contributed by atoms with Crippen LogP contribution in [-0.2, 0) is 0 Å². The first kappa shape index (κ1) is 17.6. The van der Waals surface area contributed by atoms with E-state index in [2.05, 4.69) is 15.3 Å². The van der Waals surface area contributed by atoms with Gasteiger partial charge in [-0.3, -0.25) is 4.79 Å². The number of nitrogens with zero attached hydrogens (tertiary/aromatic N) is 2. The third kappa shape index (κ3) is 3.26. The number of carbonyl (C=O) groups excluding carboxylic acids is 1. The van der Waals surface area contributed by atoms with Gasteiger partial charge in [0.25, 0.3) is 5.91 Å². The summed E-state index contributed by atoms with van der Waals surface area (Å²) in [5.74, 6) is 1.71. The van der Waals surface area contributed by atoms with Gasteiger partial charge in [-0.2, -0.15) is 0 Å². The number of aromatic nitrogens is 2. The van der Waals surface area contributed by atoms with Crippen molar-refractivity contribution in [3.05, 3.63) is 17.7 Å². The number of piperidine rings is 1. The van der Waals surface area contributed by atoms with Gasteiger partial charge in [0.2, 0.25) is 0 Å². The monoisotopic (exact) mass is 346 g/mol. The van der Waals surface area contributed by atoms with Crippen molar-refractivity contribution in [2.24, 2.45) is 5.41 Å². The Hall–Kier alpha value is -0.780. The summed E-state index contributed by atoms with van der Waals surface area (Å²) in [6, 6.07) is 0. The minimum absolute atomic E-state index is 0. The fourth-order valence-corrected chi connectivity index (χ4v) is 3.59. The molecule has 1 aromatic heterocycles. The zero-order valence-electron chi connectivity index (χ0n) is 12.6. The van der Waals surface area contributed by atoms with Crippen molar-refractivity contribution < 1.29 is 4.79 Å². The van der Waals surface area contributed by atoms with Crippen LogP contribution in [0.1, 0.15) is 54.3 Å². The molecular formula is C15H24Cl2N4O. The average molecular weight is 347 g/mol. The molecule has 7 heteroatoms. The molecule has 1 spiro atoms. The van der Waals surface area contributed by atoms with Crippen LogP contribution < -0.4 is 5.32 Å². The van der Waals surface area contributed by atoms with Crippen molar-refractivity contribution in [2.75, 3.05) is 26.2 Å². The maximum Gasteiger partial charge on any atom is 0.271 e. The van der Waals surface area contributed by atoms with Crippen molar-refractivity contribution in [1.29, 1.82) is 0 Å². The molecule has 1 aliphatic carbocycles. The van der Waals surface area contributed by atoms with Crippen LogP contribution >= 0.6 is 24.8 Å². The van der Waals surface area contributed by atoms with E-state index in [1.165, 1.54) is 19.3 Å². The number of hydrogen-bond acceptors (Lipinski definition) is 3. The molecule has 3 aliphatic rings. The first-order chi connectivity index (χ1) is 9.76. The van der Waals surface area contributed by atoms with E-state index in [4.69, 9.17) is 0 Å². The highest BCUT2D eigenvalue weighted by atomic mass is 35.5. The number of carbonyl (C=O) groups is 1. The van der Waals surface area contributed by atoms with Crippen LogP contribution in [0.3, 0.4) is 0 Å². The van der Waals surface area contributed by atoms with E-state index in [1.807, 2.05) is 4.90 Å². The fraction of sp³-hybridized carbons (Fsp3) is 0.733. The van der Waals surface area contributed by atoms with Gasteiger partial charge in [0.05, 0.1) is 6.20 Å². The van der Waals surface area contributed by atoms with Gasteiger partial charge in [0.15, 0.2) is 0 Å². The van der Waals surface area contributed by atoms with Gasteiger partial charge in [-0.15, -0.1) is 24.8 Å². The van der Waals surface area contributed by atoms with E-state index in [9.17, 15) is 4.79 Å². The molecule has 1 amide bonds. The summed E-state index contributed by atoms with van der Waals surface area (Å²) in [4.78, 5) is 22.1. The minimum Gasteiger partial charge on any atom is -0.338 e. The number of aromatic amines is 1. The first-order valence-corrected chi connectivity index (χ1v) is 7.81. The van der Waals surface area contributed by atoms with Crippen LogP contribution in [0.5, 0.6) is 0 Å². The molecule has 3 heterocycles. The van der Waals surface area contributed by atoms with Crippen LogP contribution in [-0.4, -0.2) is 47.0 Å². The number of likely N-dealkylation sites (tertiary alicyclic amines) is 1. The van der Waals surface area contributed by atoms with Crippen LogP contribution in [0.4, 0.5) is 0 Å². The zero-order chi connectivity index (χ0) is 13.6. The molecule has 0 unspecified atom stereocenters. The van der Waals surface area contributed by atoms with Crippen LogP contribution in [0.2, 0.25) is 0 Å². The second-order valence-electron chi connectivity index (χ2n) is 6.68. The zero-order valence-corrected chi connectivity index (χ0v) is 14.3. The summed E-state index contributed by atoms with van der Waals surface area (Å²) in [6.45, 7) is 4.04. The molecule has 0 radical (unpaired) electrons. The highest BCUT2D eigenvalue weighted by Crippen LogP contribution is 2.39. The Balaban J connectivity index is 0.000000882. The molecular weight excluding hydrogens is 323 g/mol. The summed E-state index contributed by atoms with van der Waals surface area (Å²) >= 11 is 0. The van der Waals surface area contributed by atoms with Gasteiger partial charge >= 0.3 is 0 Å². The first-order valence-electron chi connectivity index (χ1n) is 7.81. The lowest BCUT2D eigenvalue weighted by molar-refractivity contribution is 0.0602. The molecule has 5 nitrogen and oxygen atoms in total. The molecule has 4 rings (SSSR count). The number of hydrogen-bond donors (Lipinski definition) is 2. The van der Waals surface area contributed by atoms with E-state index in [0.717, 1.165) is 44.8 Å². The number of nitrogens with one attached hydrogen (secondary N) is 2. The summed E-state index contributed by atoms with van der Waals surface area (Å²) < 4.78 is 0. The molecule has 1 saturated carbocycles. The summed E-state index contributed by atoms with van der Waals surface area (Å²) in [6.07, 6.45) is 7.67. The quantitative estimate of drug-likeness (QED) is 0.863. The predicted octanol–water partition coefficient (Wildman–Crippen LogP) is 2.35. The smallest absolute Gasteiger partial charge is 0.271 e. The molecule has 1 aromatic rings. The molecule has 124 valence electrons. The van der Waals surface area contributed by atoms with E-state index in [1.54, 1.807) is 6.20 Å². The molecule has 0 bridgehead atoms. The van der Waals surface area contributed by atoms with E-state index in [0.29, 0.717) is 17.0 Å².